The molecule has 60 valence electrons. The highest BCUT2D eigenvalue weighted by Gasteiger charge is 2.47. The molecule has 12 heavy (non-hydrogen) atoms. The van der Waals surface area contributed by atoms with Crippen molar-refractivity contribution in [1.29, 1.82) is 5.26 Å². The first kappa shape index (κ1) is 7.75. The molecule has 0 unspecified atom stereocenters. The fourth-order valence-corrected chi connectivity index (χ4v) is 1.90. The molecule has 1 aliphatic rings. The van der Waals surface area contributed by atoms with E-state index in [1.807, 2.05) is 12.1 Å². The van der Waals surface area contributed by atoms with Crippen LogP contribution < -0.4 is 0 Å². The fourth-order valence-electron chi connectivity index (χ4n) is 1.26. The van der Waals surface area contributed by atoms with Crippen molar-refractivity contribution in [1.82, 2.24) is 4.98 Å². The number of nitriles is 1. The summed E-state index contributed by atoms with van der Waals surface area (Å²) in [6.45, 7) is 0. The van der Waals surface area contributed by atoms with E-state index < -0.39 is 0 Å². The summed E-state index contributed by atoms with van der Waals surface area (Å²) in [7, 11) is 0. The van der Waals surface area contributed by atoms with Gasteiger partial charge in [-0.3, -0.25) is 4.98 Å². The Bertz CT molecular complexity index is 350. The van der Waals surface area contributed by atoms with Crippen LogP contribution in [0.15, 0.2) is 22.8 Å². The number of nitrogens with zero attached hydrogens (tertiary/aromatic N) is 2. The quantitative estimate of drug-likeness (QED) is 0.732. The SMILES string of the molecule is N#CC1(c2ncccc2Br)CC1. The molecule has 1 heterocycles. The van der Waals surface area contributed by atoms with Crippen molar-refractivity contribution in [2.45, 2.75) is 18.3 Å². The maximum atomic E-state index is 8.92. The summed E-state index contributed by atoms with van der Waals surface area (Å²) in [6, 6.07) is 6.11. The highest BCUT2D eigenvalue weighted by molar-refractivity contribution is 9.10. The van der Waals surface area contributed by atoms with Gasteiger partial charge in [-0.15, -0.1) is 0 Å². The smallest absolute Gasteiger partial charge is 0.101 e. The van der Waals surface area contributed by atoms with Gasteiger partial charge in [0.1, 0.15) is 5.41 Å². The lowest BCUT2D eigenvalue weighted by atomic mass is 10.0. The lowest BCUT2D eigenvalue weighted by molar-refractivity contribution is 0.846. The van der Waals surface area contributed by atoms with Crippen molar-refractivity contribution in [2.75, 3.05) is 0 Å². The first-order valence-corrected chi connectivity index (χ1v) is 4.60. The second-order valence-corrected chi connectivity index (χ2v) is 3.88. The summed E-state index contributed by atoms with van der Waals surface area (Å²) in [5.41, 5.74) is 0.618. The summed E-state index contributed by atoms with van der Waals surface area (Å²) in [4.78, 5) is 4.21. The van der Waals surface area contributed by atoms with Crippen molar-refractivity contribution in [3.63, 3.8) is 0 Å². The van der Waals surface area contributed by atoms with Crippen molar-refractivity contribution < 1.29 is 0 Å². The molecule has 1 fully saturated rings. The maximum absolute atomic E-state index is 8.92. The minimum atomic E-state index is -0.278. The van der Waals surface area contributed by atoms with E-state index in [9.17, 15) is 0 Å². The van der Waals surface area contributed by atoms with Crippen LogP contribution in [0.4, 0.5) is 0 Å². The number of rotatable bonds is 1. The molecule has 0 atom stereocenters. The van der Waals surface area contributed by atoms with Crippen molar-refractivity contribution in [3.8, 4) is 6.07 Å². The van der Waals surface area contributed by atoms with E-state index >= 15 is 0 Å². The average Bonchev–Trinajstić information content (AvgIpc) is 2.86. The largest absolute Gasteiger partial charge is 0.258 e. The summed E-state index contributed by atoms with van der Waals surface area (Å²) >= 11 is 3.40. The first-order chi connectivity index (χ1) is 5.78. The van der Waals surface area contributed by atoms with Gasteiger partial charge in [0, 0.05) is 10.7 Å². The number of hydrogen-bond donors (Lipinski definition) is 0. The Kier molecular flexibility index (Phi) is 1.66. The summed E-state index contributed by atoms with van der Waals surface area (Å²) in [5.74, 6) is 0. The number of pyridine rings is 1. The molecule has 3 heteroatoms. The van der Waals surface area contributed by atoms with Gasteiger partial charge in [0.25, 0.3) is 0 Å². The lowest BCUT2D eigenvalue weighted by Crippen LogP contribution is -2.05. The van der Waals surface area contributed by atoms with Gasteiger partial charge in [0.15, 0.2) is 0 Å². The van der Waals surface area contributed by atoms with Gasteiger partial charge in [0.2, 0.25) is 0 Å². The standard InChI is InChI=1S/C9H7BrN2/c10-7-2-1-5-12-8(7)9(6-11)3-4-9/h1-2,5H,3-4H2. The molecule has 0 aliphatic heterocycles. The third-order valence-electron chi connectivity index (χ3n) is 2.18. The van der Waals surface area contributed by atoms with Crippen LogP contribution in [0.5, 0.6) is 0 Å². The molecule has 1 saturated carbocycles. The molecule has 0 saturated heterocycles. The second-order valence-electron chi connectivity index (χ2n) is 3.03. The normalized spacial score (nSPS) is 18.3. The predicted molar refractivity (Wildman–Crippen MR) is 48.5 cm³/mol. The monoisotopic (exact) mass is 222 g/mol. The Hall–Kier alpha value is -0.880. The zero-order chi connectivity index (χ0) is 8.60. The lowest BCUT2D eigenvalue weighted by Gasteiger charge is -2.05. The van der Waals surface area contributed by atoms with Crippen molar-refractivity contribution in [3.05, 3.63) is 28.5 Å². The Morgan fingerprint density at radius 1 is 1.58 bits per heavy atom. The minimum absolute atomic E-state index is 0.278. The van der Waals surface area contributed by atoms with Crippen LogP contribution in [-0.4, -0.2) is 4.98 Å². The van der Waals surface area contributed by atoms with Crippen LogP contribution in [0, 0.1) is 11.3 Å². The minimum Gasteiger partial charge on any atom is -0.258 e. The van der Waals surface area contributed by atoms with Gasteiger partial charge in [-0.25, -0.2) is 0 Å². The van der Waals surface area contributed by atoms with E-state index in [4.69, 9.17) is 5.26 Å². The van der Waals surface area contributed by atoms with Gasteiger partial charge in [-0.05, 0) is 40.9 Å². The van der Waals surface area contributed by atoms with E-state index in [0.29, 0.717) is 0 Å². The van der Waals surface area contributed by atoms with Crippen LogP contribution in [0.2, 0.25) is 0 Å². The molecule has 2 rings (SSSR count). The third kappa shape index (κ3) is 1.03. The van der Waals surface area contributed by atoms with Gasteiger partial charge in [-0.1, -0.05) is 0 Å². The van der Waals surface area contributed by atoms with Gasteiger partial charge < -0.3 is 0 Å². The topological polar surface area (TPSA) is 36.7 Å². The molecular weight excluding hydrogens is 216 g/mol. The predicted octanol–water partition coefficient (Wildman–Crippen LogP) is 2.40. The zero-order valence-electron chi connectivity index (χ0n) is 6.42. The highest BCUT2D eigenvalue weighted by Crippen LogP contribution is 2.48. The van der Waals surface area contributed by atoms with E-state index in [1.54, 1.807) is 6.20 Å². The highest BCUT2D eigenvalue weighted by atomic mass is 79.9. The maximum Gasteiger partial charge on any atom is 0.101 e. The summed E-state index contributed by atoms with van der Waals surface area (Å²) in [5, 5.41) is 8.92. The van der Waals surface area contributed by atoms with Crippen LogP contribution in [0.1, 0.15) is 18.5 Å². The Labute approximate surface area is 79.4 Å². The van der Waals surface area contributed by atoms with E-state index in [1.165, 1.54) is 0 Å². The summed E-state index contributed by atoms with van der Waals surface area (Å²) < 4.78 is 0.948. The molecule has 1 aliphatic carbocycles. The molecule has 0 spiro atoms. The van der Waals surface area contributed by atoms with Gasteiger partial charge in [0.05, 0.1) is 11.8 Å². The van der Waals surface area contributed by atoms with Gasteiger partial charge in [-0.2, -0.15) is 5.26 Å². The van der Waals surface area contributed by atoms with Crippen LogP contribution in [0.25, 0.3) is 0 Å². The molecule has 0 amide bonds. The molecule has 0 N–H and O–H groups in total. The fraction of sp³-hybridized carbons (Fsp3) is 0.333. The first-order valence-electron chi connectivity index (χ1n) is 3.81. The van der Waals surface area contributed by atoms with E-state index in [0.717, 1.165) is 23.0 Å². The van der Waals surface area contributed by atoms with Crippen molar-refractivity contribution >= 4 is 15.9 Å². The summed E-state index contributed by atoms with van der Waals surface area (Å²) in [6.07, 6.45) is 3.62. The van der Waals surface area contributed by atoms with E-state index in [-0.39, 0.29) is 5.41 Å². The number of hydrogen-bond acceptors (Lipinski definition) is 2. The van der Waals surface area contributed by atoms with E-state index in [2.05, 4.69) is 27.0 Å². The number of halogens is 1. The Morgan fingerprint density at radius 3 is 2.83 bits per heavy atom. The van der Waals surface area contributed by atoms with Crippen LogP contribution in [0.3, 0.4) is 0 Å². The molecule has 0 radical (unpaired) electrons. The van der Waals surface area contributed by atoms with Gasteiger partial charge >= 0.3 is 0 Å². The third-order valence-corrected chi connectivity index (χ3v) is 2.82. The molecule has 1 aromatic heterocycles. The molecule has 0 bridgehead atoms. The van der Waals surface area contributed by atoms with Crippen LogP contribution in [-0.2, 0) is 5.41 Å². The Morgan fingerprint density at radius 2 is 2.33 bits per heavy atom. The second kappa shape index (κ2) is 2.56. The molecular formula is C9H7BrN2. The Balaban J connectivity index is 2.48. The number of aromatic nitrogens is 1. The molecule has 1 aromatic rings. The van der Waals surface area contributed by atoms with Crippen LogP contribution >= 0.6 is 15.9 Å². The average molecular weight is 223 g/mol. The zero-order valence-corrected chi connectivity index (χ0v) is 8.00. The molecule has 0 aromatic carbocycles. The molecule has 2 nitrogen and oxygen atoms in total. The van der Waals surface area contributed by atoms with Crippen molar-refractivity contribution in [2.24, 2.45) is 0 Å².